The summed E-state index contributed by atoms with van der Waals surface area (Å²) in [6.45, 7) is 9.51. The number of nitriles is 1. The summed E-state index contributed by atoms with van der Waals surface area (Å²) in [7, 11) is 0. The van der Waals surface area contributed by atoms with Gasteiger partial charge in [0.1, 0.15) is 6.04 Å². The molecule has 0 N–H and O–H groups in total. The SMILES string of the molecule is C=CC(=O)N1CCN(C(C)C)C(C#N)C1. The molecule has 15 heavy (non-hydrogen) atoms. The third kappa shape index (κ3) is 2.57. The van der Waals surface area contributed by atoms with Crippen molar-refractivity contribution in [3.05, 3.63) is 12.7 Å². The molecule has 0 radical (unpaired) electrons. The van der Waals surface area contributed by atoms with Crippen molar-refractivity contribution in [2.75, 3.05) is 19.6 Å². The topological polar surface area (TPSA) is 47.3 Å². The fraction of sp³-hybridized carbons (Fsp3) is 0.636. The van der Waals surface area contributed by atoms with Gasteiger partial charge in [0.05, 0.1) is 6.07 Å². The van der Waals surface area contributed by atoms with Gasteiger partial charge in [-0.25, -0.2) is 0 Å². The third-order valence-electron chi connectivity index (χ3n) is 2.72. The Balaban J connectivity index is 2.67. The number of rotatable bonds is 2. The third-order valence-corrected chi connectivity index (χ3v) is 2.72. The molecule has 82 valence electrons. The van der Waals surface area contributed by atoms with Gasteiger partial charge in [-0.05, 0) is 19.9 Å². The highest BCUT2D eigenvalue weighted by Crippen LogP contribution is 2.12. The second-order valence-corrected chi connectivity index (χ2v) is 3.96. The Hall–Kier alpha value is -1.34. The summed E-state index contributed by atoms with van der Waals surface area (Å²) in [5.41, 5.74) is 0. The fourth-order valence-electron chi connectivity index (χ4n) is 1.86. The van der Waals surface area contributed by atoms with E-state index >= 15 is 0 Å². The lowest BCUT2D eigenvalue weighted by Crippen LogP contribution is -2.55. The van der Waals surface area contributed by atoms with Crippen molar-refractivity contribution < 1.29 is 4.79 Å². The number of piperazine rings is 1. The Morgan fingerprint density at radius 2 is 2.27 bits per heavy atom. The van der Waals surface area contributed by atoms with Gasteiger partial charge >= 0.3 is 0 Å². The van der Waals surface area contributed by atoms with Crippen molar-refractivity contribution >= 4 is 5.91 Å². The quantitative estimate of drug-likeness (QED) is 0.623. The van der Waals surface area contributed by atoms with Crippen molar-refractivity contribution in [1.82, 2.24) is 9.80 Å². The number of amides is 1. The molecule has 1 saturated heterocycles. The highest BCUT2D eigenvalue weighted by molar-refractivity contribution is 5.87. The maximum atomic E-state index is 11.4. The van der Waals surface area contributed by atoms with E-state index < -0.39 is 0 Å². The average molecular weight is 207 g/mol. The highest BCUT2D eigenvalue weighted by atomic mass is 16.2. The number of carbonyl (C=O) groups is 1. The molecule has 0 spiro atoms. The van der Waals surface area contributed by atoms with E-state index in [0.717, 1.165) is 6.54 Å². The molecule has 1 fully saturated rings. The normalized spacial score (nSPS) is 22.5. The van der Waals surface area contributed by atoms with Crippen LogP contribution in [0.2, 0.25) is 0 Å². The molecule has 4 nitrogen and oxygen atoms in total. The summed E-state index contributed by atoms with van der Waals surface area (Å²) in [4.78, 5) is 15.2. The monoisotopic (exact) mass is 207 g/mol. The zero-order valence-electron chi connectivity index (χ0n) is 9.31. The number of nitrogens with zero attached hydrogens (tertiary/aromatic N) is 3. The van der Waals surface area contributed by atoms with Gasteiger partial charge in [-0.15, -0.1) is 0 Å². The van der Waals surface area contributed by atoms with Crippen LogP contribution in [-0.2, 0) is 4.79 Å². The minimum absolute atomic E-state index is 0.0846. The van der Waals surface area contributed by atoms with Gasteiger partial charge in [0.2, 0.25) is 5.91 Å². The maximum Gasteiger partial charge on any atom is 0.246 e. The second kappa shape index (κ2) is 4.94. The number of hydrogen-bond donors (Lipinski definition) is 0. The Labute approximate surface area is 90.8 Å². The predicted octanol–water partition coefficient (Wildman–Crippen LogP) is 0.617. The lowest BCUT2D eigenvalue weighted by molar-refractivity contribution is -0.128. The molecule has 1 heterocycles. The van der Waals surface area contributed by atoms with Gasteiger partial charge in [-0.3, -0.25) is 9.69 Å². The number of carbonyl (C=O) groups excluding carboxylic acids is 1. The van der Waals surface area contributed by atoms with Crippen LogP contribution in [0.4, 0.5) is 0 Å². The van der Waals surface area contributed by atoms with Gasteiger partial charge in [-0.2, -0.15) is 5.26 Å². The molecule has 0 aromatic heterocycles. The lowest BCUT2D eigenvalue weighted by atomic mass is 10.1. The highest BCUT2D eigenvalue weighted by Gasteiger charge is 2.29. The molecule has 1 aliphatic heterocycles. The Morgan fingerprint density at radius 1 is 1.60 bits per heavy atom. The zero-order valence-corrected chi connectivity index (χ0v) is 9.31. The largest absolute Gasteiger partial charge is 0.335 e. The molecule has 0 bridgehead atoms. The van der Waals surface area contributed by atoms with Crippen LogP contribution in [0.5, 0.6) is 0 Å². The van der Waals surface area contributed by atoms with Crippen molar-refractivity contribution in [1.29, 1.82) is 5.26 Å². The molecule has 0 aromatic carbocycles. The summed E-state index contributed by atoms with van der Waals surface area (Å²) >= 11 is 0. The van der Waals surface area contributed by atoms with Crippen molar-refractivity contribution in [3.8, 4) is 6.07 Å². The molecule has 0 aromatic rings. The van der Waals surface area contributed by atoms with Crippen molar-refractivity contribution in [3.63, 3.8) is 0 Å². The van der Waals surface area contributed by atoms with Crippen LogP contribution in [-0.4, -0.2) is 47.4 Å². The van der Waals surface area contributed by atoms with Crippen molar-refractivity contribution in [2.24, 2.45) is 0 Å². The minimum atomic E-state index is -0.192. The fourth-order valence-corrected chi connectivity index (χ4v) is 1.86. The first kappa shape index (κ1) is 11.7. The van der Waals surface area contributed by atoms with E-state index in [0.29, 0.717) is 19.1 Å². The summed E-state index contributed by atoms with van der Waals surface area (Å²) in [5.74, 6) is -0.0846. The van der Waals surface area contributed by atoms with Gasteiger partial charge in [0.15, 0.2) is 0 Å². The van der Waals surface area contributed by atoms with Gasteiger partial charge in [-0.1, -0.05) is 6.58 Å². The Morgan fingerprint density at radius 3 is 2.73 bits per heavy atom. The van der Waals surface area contributed by atoms with Crippen LogP contribution in [0, 0.1) is 11.3 Å². The molecule has 4 heteroatoms. The molecule has 1 unspecified atom stereocenters. The molecule has 1 amide bonds. The van der Waals surface area contributed by atoms with E-state index in [1.165, 1.54) is 6.08 Å². The Kier molecular flexibility index (Phi) is 3.87. The zero-order chi connectivity index (χ0) is 11.4. The first-order valence-corrected chi connectivity index (χ1v) is 5.16. The molecular weight excluding hydrogens is 190 g/mol. The first-order valence-electron chi connectivity index (χ1n) is 5.16. The van der Waals surface area contributed by atoms with E-state index in [1.807, 2.05) is 0 Å². The van der Waals surface area contributed by atoms with Gasteiger partial charge < -0.3 is 4.90 Å². The number of hydrogen-bond acceptors (Lipinski definition) is 3. The van der Waals surface area contributed by atoms with E-state index in [-0.39, 0.29) is 11.9 Å². The summed E-state index contributed by atoms with van der Waals surface area (Å²) < 4.78 is 0. The van der Waals surface area contributed by atoms with Crippen LogP contribution < -0.4 is 0 Å². The average Bonchev–Trinajstić information content (AvgIpc) is 2.26. The summed E-state index contributed by atoms with van der Waals surface area (Å²) in [5, 5.41) is 9.03. The predicted molar refractivity (Wildman–Crippen MR) is 58.0 cm³/mol. The van der Waals surface area contributed by atoms with Crippen LogP contribution >= 0.6 is 0 Å². The van der Waals surface area contributed by atoms with Crippen LogP contribution in [0.1, 0.15) is 13.8 Å². The summed E-state index contributed by atoms with van der Waals surface area (Å²) in [6, 6.07) is 2.39. The molecular formula is C11H17N3O. The second-order valence-electron chi connectivity index (χ2n) is 3.96. The van der Waals surface area contributed by atoms with Crippen LogP contribution in [0.3, 0.4) is 0 Å². The molecule has 0 aliphatic carbocycles. The van der Waals surface area contributed by atoms with E-state index in [4.69, 9.17) is 5.26 Å². The smallest absolute Gasteiger partial charge is 0.246 e. The van der Waals surface area contributed by atoms with Crippen LogP contribution in [0.25, 0.3) is 0 Å². The minimum Gasteiger partial charge on any atom is -0.335 e. The van der Waals surface area contributed by atoms with E-state index in [9.17, 15) is 4.79 Å². The van der Waals surface area contributed by atoms with E-state index in [1.54, 1.807) is 4.90 Å². The van der Waals surface area contributed by atoms with Gasteiger partial charge in [0.25, 0.3) is 0 Å². The molecule has 1 aliphatic rings. The summed E-state index contributed by atoms with van der Waals surface area (Å²) in [6.07, 6.45) is 1.31. The molecule has 0 saturated carbocycles. The first-order chi connectivity index (χ1) is 7.10. The van der Waals surface area contributed by atoms with Gasteiger partial charge in [0, 0.05) is 25.7 Å². The Bertz CT molecular complexity index is 293. The maximum absolute atomic E-state index is 11.4. The van der Waals surface area contributed by atoms with Crippen LogP contribution in [0.15, 0.2) is 12.7 Å². The van der Waals surface area contributed by atoms with E-state index in [2.05, 4.69) is 31.4 Å². The standard InChI is InChI=1S/C11H17N3O/c1-4-11(15)13-5-6-14(9(2)3)10(7-12)8-13/h4,9-10H,1,5-6,8H2,2-3H3. The van der Waals surface area contributed by atoms with Crippen molar-refractivity contribution in [2.45, 2.75) is 25.9 Å². The lowest BCUT2D eigenvalue weighted by Gasteiger charge is -2.40. The molecule has 1 rings (SSSR count). The molecule has 1 atom stereocenters.